The van der Waals surface area contributed by atoms with E-state index in [1.54, 1.807) is 0 Å². The molecule has 182 valence electrons. The molecule has 0 fully saturated rings. The van der Waals surface area contributed by atoms with Crippen LogP contribution in [0.15, 0.2) is 109 Å². The summed E-state index contributed by atoms with van der Waals surface area (Å²) in [5.74, 6) is 0. The predicted molar refractivity (Wildman–Crippen MR) is 166 cm³/mol. The van der Waals surface area contributed by atoms with Gasteiger partial charge >= 0.3 is 0 Å². The molecule has 0 aliphatic heterocycles. The van der Waals surface area contributed by atoms with Crippen molar-refractivity contribution in [2.45, 2.75) is 27.7 Å². The van der Waals surface area contributed by atoms with Crippen molar-refractivity contribution in [2.24, 2.45) is 0 Å². The van der Waals surface area contributed by atoms with Gasteiger partial charge in [-0.1, -0.05) is 84.9 Å². The van der Waals surface area contributed by atoms with E-state index in [0.29, 0.717) is 0 Å². The van der Waals surface area contributed by atoms with Crippen molar-refractivity contribution >= 4 is 43.1 Å². The van der Waals surface area contributed by atoms with Gasteiger partial charge in [-0.3, -0.25) is 0 Å². The topological polar surface area (TPSA) is 0 Å². The van der Waals surface area contributed by atoms with Gasteiger partial charge in [-0.25, -0.2) is 0 Å². The highest BCUT2D eigenvalue weighted by Crippen LogP contribution is 2.46. The molecule has 0 nitrogen and oxygen atoms in total. The summed E-state index contributed by atoms with van der Waals surface area (Å²) in [4.78, 5) is 0. The highest BCUT2D eigenvalue weighted by atomic mass is 14.2. The van der Waals surface area contributed by atoms with Crippen LogP contribution < -0.4 is 0 Å². The number of hydrogen-bond acceptors (Lipinski definition) is 0. The first-order chi connectivity index (χ1) is 18.5. The van der Waals surface area contributed by atoms with Crippen molar-refractivity contribution in [3.8, 4) is 22.3 Å². The first kappa shape index (κ1) is 22.8. The number of benzene rings is 7. The average molecular weight is 487 g/mol. The van der Waals surface area contributed by atoms with E-state index >= 15 is 0 Å². The van der Waals surface area contributed by atoms with Crippen LogP contribution in [0, 0.1) is 27.7 Å². The molecule has 0 spiro atoms. The van der Waals surface area contributed by atoms with Gasteiger partial charge in [-0.2, -0.15) is 0 Å². The van der Waals surface area contributed by atoms with Gasteiger partial charge in [-0.05, 0) is 140 Å². The first-order valence-corrected chi connectivity index (χ1v) is 13.4. The third-order valence-corrected chi connectivity index (χ3v) is 8.38. The summed E-state index contributed by atoms with van der Waals surface area (Å²) >= 11 is 0. The molecular weight excluding hydrogens is 456 g/mol. The Hall–Kier alpha value is -4.42. The summed E-state index contributed by atoms with van der Waals surface area (Å²) in [7, 11) is 0. The van der Waals surface area contributed by atoms with Crippen molar-refractivity contribution in [3.63, 3.8) is 0 Å². The Morgan fingerprint density at radius 2 is 0.579 bits per heavy atom. The molecule has 7 rings (SSSR count). The third-order valence-electron chi connectivity index (χ3n) is 8.38. The largest absolute Gasteiger partial charge is 0.0622 e. The van der Waals surface area contributed by atoms with E-state index in [9.17, 15) is 0 Å². The molecule has 0 saturated heterocycles. The third kappa shape index (κ3) is 3.52. The van der Waals surface area contributed by atoms with Gasteiger partial charge in [0, 0.05) is 0 Å². The van der Waals surface area contributed by atoms with Gasteiger partial charge in [0.25, 0.3) is 0 Å². The second-order valence-electron chi connectivity index (χ2n) is 10.8. The Morgan fingerprint density at radius 3 is 0.842 bits per heavy atom. The molecule has 0 heterocycles. The number of fused-ring (bicyclic) bond motifs is 4. The molecule has 0 bridgehead atoms. The highest BCUT2D eigenvalue weighted by molar-refractivity contribution is 6.25. The van der Waals surface area contributed by atoms with Crippen LogP contribution in [0.25, 0.3) is 65.3 Å². The smallest absolute Gasteiger partial charge is 0.00259 e. The van der Waals surface area contributed by atoms with E-state index in [1.807, 2.05) is 0 Å². The van der Waals surface area contributed by atoms with Crippen LogP contribution in [0.1, 0.15) is 22.3 Å². The zero-order chi connectivity index (χ0) is 26.0. The number of aryl methyl sites for hydroxylation is 4. The molecule has 0 aromatic heterocycles. The molecule has 0 atom stereocenters. The van der Waals surface area contributed by atoms with Crippen LogP contribution in [-0.2, 0) is 0 Å². The van der Waals surface area contributed by atoms with E-state index in [2.05, 4.69) is 137 Å². The Labute approximate surface area is 224 Å². The standard InChI is InChI=1S/C38H30/c1-23-15-29-19-33-34(20-30(29)16-24(23)2)38(28-13-9-6-10-14-28)36-22-32-18-26(4)25(3)17-31(32)21-35(36)37(33)27-11-7-5-8-12-27/h5-22H,1-4H3. The fraction of sp³-hybridized carbons (Fsp3) is 0.105. The van der Waals surface area contributed by atoms with Crippen molar-refractivity contribution < 1.29 is 0 Å². The monoisotopic (exact) mass is 486 g/mol. The molecular formula is C38H30. The zero-order valence-electron chi connectivity index (χ0n) is 22.4. The molecule has 7 aromatic carbocycles. The number of hydrogen-bond donors (Lipinski definition) is 0. The Bertz CT molecular complexity index is 1770. The fourth-order valence-corrected chi connectivity index (χ4v) is 6.10. The lowest BCUT2D eigenvalue weighted by Gasteiger charge is -2.20. The van der Waals surface area contributed by atoms with Crippen LogP contribution in [0.4, 0.5) is 0 Å². The molecule has 0 N–H and O–H groups in total. The molecule has 0 amide bonds. The minimum absolute atomic E-state index is 1.26. The summed E-state index contributed by atoms with van der Waals surface area (Å²) in [5, 5.41) is 10.4. The predicted octanol–water partition coefficient (Wildman–Crippen LogP) is 10.9. The quantitative estimate of drug-likeness (QED) is 0.213. The maximum absolute atomic E-state index is 2.43. The van der Waals surface area contributed by atoms with Crippen molar-refractivity contribution in [1.82, 2.24) is 0 Å². The second-order valence-corrected chi connectivity index (χ2v) is 10.8. The van der Waals surface area contributed by atoms with Crippen LogP contribution >= 0.6 is 0 Å². The van der Waals surface area contributed by atoms with Crippen LogP contribution in [-0.4, -0.2) is 0 Å². The minimum atomic E-state index is 1.26. The lowest BCUT2D eigenvalue weighted by Crippen LogP contribution is -1.93. The van der Waals surface area contributed by atoms with E-state index < -0.39 is 0 Å². The van der Waals surface area contributed by atoms with E-state index in [-0.39, 0.29) is 0 Å². The van der Waals surface area contributed by atoms with E-state index in [4.69, 9.17) is 0 Å². The van der Waals surface area contributed by atoms with Gasteiger partial charge in [-0.15, -0.1) is 0 Å². The van der Waals surface area contributed by atoms with Gasteiger partial charge in [0.2, 0.25) is 0 Å². The molecule has 7 aromatic rings. The lowest BCUT2D eigenvalue weighted by atomic mass is 9.83. The minimum Gasteiger partial charge on any atom is -0.0622 e. The maximum atomic E-state index is 2.43. The first-order valence-electron chi connectivity index (χ1n) is 13.4. The molecule has 0 radical (unpaired) electrons. The van der Waals surface area contributed by atoms with E-state index in [1.165, 1.54) is 87.6 Å². The summed E-state index contributed by atoms with van der Waals surface area (Å²) in [6.07, 6.45) is 0. The molecule has 0 aliphatic rings. The fourth-order valence-electron chi connectivity index (χ4n) is 6.10. The normalized spacial score (nSPS) is 11.7. The maximum Gasteiger partial charge on any atom is -0.00259 e. The Morgan fingerprint density at radius 1 is 0.316 bits per heavy atom. The summed E-state index contributed by atoms with van der Waals surface area (Å²) < 4.78 is 0. The Kier molecular flexibility index (Phi) is 5.13. The summed E-state index contributed by atoms with van der Waals surface area (Å²) in [6.45, 7) is 8.85. The van der Waals surface area contributed by atoms with Gasteiger partial charge in [0.05, 0.1) is 0 Å². The lowest BCUT2D eigenvalue weighted by molar-refractivity contribution is 1.37. The van der Waals surface area contributed by atoms with Crippen LogP contribution in [0.3, 0.4) is 0 Å². The molecule has 38 heavy (non-hydrogen) atoms. The van der Waals surface area contributed by atoms with Gasteiger partial charge in [0.1, 0.15) is 0 Å². The zero-order valence-corrected chi connectivity index (χ0v) is 22.4. The number of rotatable bonds is 2. The van der Waals surface area contributed by atoms with Crippen molar-refractivity contribution in [2.75, 3.05) is 0 Å². The molecule has 0 aliphatic carbocycles. The van der Waals surface area contributed by atoms with Crippen LogP contribution in [0.5, 0.6) is 0 Å². The molecule has 0 saturated carbocycles. The Balaban J connectivity index is 1.78. The van der Waals surface area contributed by atoms with Crippen molar-refractivity contribution in [3.05, 3.63) is 131 Å². The highest BCUT2D eigenvalue weighted by Gasteiger charge is 2.19. The second kappa shape index (κ2) is 8.57. The summed E-state index contributed by atoms with van der Waals surface area (Å²) in [5.41, 5.74) is 10.5. The SMILES string of the molecule is Cc1cc2cc3c(-c4ccccc4)c4cc5cc(C)c(C)cc5cc4c(-c4ccccc4)c3cc2cc1C. The average Bonchev–Trinajstić information content (AvgIpc) is 2.92. The van der Waals surface area contributed by atoms with Crippen LogP contribution in [0.2, 0.25) is 0 Å². The summed E-state index contributed by atoms with van der Waals surface area (Å²) in [6, 6.07) is 40.9. The van der Waals surface area contributed by atoms with Gasteiger partial charge < -0.3 is 0 Å². The van der Waals surface area contributed by atoms with Crippen molar-refractivity contribution in [1.29, 1.82) is 0 Å². The molecule has 0 heteroatoms. The molecule has 0 unspecified atom stereocenters. The van der Waals surface area contributed by atoms with E-state index in [0.717, 1.165) is 0 Å². The van der Waals surface area contributed by atoms with Gasteiger partial charge in [0.15, 0.2) is 0 Å².